The first-order valence-corrected chi connectivity index (χ1v) is 10.3. The number of hydrogen-bond acceptors (Lipinski definition) is 4. The Bertz CT molecular complexity index is 713. The van der Waals surface area contributed by atoms with E-state index in [1.165, 1.54) is 19.3 Å². The number of nitrogens with zero attached hydrogens (tertiary/aromatic N) is 2. The van der Waals surface area contributed by atoms with Crippen LogP contribution in [0.3, 0.4) is 0 Å². The van der Waals surface area contributed by atoms with Gasteiger partial charge in [0.05, 0.1) is 22.1 Å². The number of para-hydroxylation sites is 1. The molecule has 1 heterocycles. The van der Waals surface area contributed by atoms with Crippen molar-refractivity contribution in [1.29, 1.82) is 5.26 Å². The summed E-state index contributed by atoms with van der Waals surface area (Å²) >= 11 is 1.70. The lowest BCUT2D eigenvalue weighted by molar-refractivity contribution is -0.115. The number of benzene rings is 1. The standard InChI is InChI=1S/C21H27N3OS/c1-24(2)18-17(15-22)21(13-9-4-3-5-10-14-21)26-19(18)20(25)23-16-11-7-6-8-12-16/h6-8,11-12,19H,3-5,9-10,13-14H2,1-2H3,(H,23,25). The second-order valence-electron chi connectivity index (χ2n) is 7.38. The number of nitriles is 1. The first-order valence-electron chi connectivity index (χ1n) is 9.43. The van der Waals surface area contributed by atoms with E-state index >= 15 is 0 Å². The minimum Gasteiger partial charge on any atom is -0.379 e. The summed E-state index contributed by atoms with van der Waals surface area (Å²) in [4.78, 5) is 15.0. The summed E-state index contributed by atoms with van der Waals surface area (Å²) in [6, 6.07) is 12.0. The third-order valence-corrected chi connectivity index (χ3v) is 7.07. The average molecular weight is 370 g/mol. The fourth-order valence-electron chi connectivity index (χ4n) is 4.07. The number of rotatable bonds is 3. The molecule has 1 aliphatic heterocycles. The van der Waals surface area contributed by atoms with Gasteiger partial charge in [-0.25, -0.2) is 0 Å². The van der Waals surface area contributed by atoms with E-state index in [1.54, 1.807) is 11.8 Å². The van der Waals surface area contributed by atoms with E-state index in [0.717, 1.165) is 42.6 Å². The van der Waals surface area contributed by atoms with Gasteiger partial charge in [0, 0.05) is 19.8 Å². The van der Waals surface area contributed by atoms with Crippen molar-refractivity contribution in [2.75, 3.05) is 19.4 Å². The number of carbonyl (C=O) groups excluding carboxylic acids is 1. The molecule has 26 heavy (non-hydrogen) atoms. The van der Waals surface area contributed by atoms with E-state index in [1.807, 2.05) is 49.3 Å². The van der Waals surface area contributed by atoms with Gasteiger partial charge in [-0.05, 0) is 25.0 Å². The molecular formula is C21H27N3OS. The topological polar surface area (TPSA) is 56.1 Å². The summed E-state index contributed by atoms with van der Waals surface area (Å²) in [7, 11) is 3.88. The van der Waals surface area contributed by atoms with Gasteiger partial charge in [-0.3, -0.25) is 4.79 Å². The molecule has 1 fully saturated rings. The van der Waals surface area contributed by atoms with E-state index in [-0.39, 0.29) is 15.9 Å². The van der Waals surface area contributed by atoms with Gasteiger partial charge in [0.25, 0.3) is 0 Å². The molecule has 1 N–H and O–H groups in total. The van der Waals surface area contributed by atoms with Crippen molar-refractivity contribution >= 4 is 23.4 Å². The van der Waals surface area contributed by atoms with Crippen molar-refractivity contribution in [1.82, 2.24) is 4.90 Å². The van der Waals surface area contributed by atoms with Crippen LogP contribution in [-0.4, -0.2) is 34.9 Å². The van der Waals surface area contributed by atoms with E-state index in [9.17, 15) is 10.1 Å². The van der Waals surface area contributed by atoms with E-state index < -0.39 is 0 Å². The average Bonchev–Trinajstić information content (AvgIpc) is 2.94. The number of anilines is 1. The fraction of sp³-hybridized carbons (Fsp3) is 0.524. The van der Waals surface area contributed by atoms with Crippen LogP contribution in [0.25, 0.3) is 0 Å². The van der Waals surface area contributed by atoms with Crippen molar-refractivity contribution in [3.63, 3.8) is 0 Å². The molecule has 3 rings (SSSR count). The highest BCUT2D eigenvalue weighted by molar-refractivity contribution is 8.02. The Hall–Kier alpha value is -1.93. The van der Waals surface area contributed by atoms with Crippen molar-refractivity contribution in [2.45, 2.75) is 54.9 Å². The van der Waals surface area contributed by atoms with Crippen LogP contribution in [0.1, 0.15) is 44.9 Å². The lowest BCUT2D eigenvalue weighted by atomic mass is 9.84. The second-order valence-corrected chi connectivity index (χ2v) is 8.87. The number of amides is 1. The summed E-state index contributed by atoms with van der Waals surface area (Å²) in [6.45, 7) is 0. The highest BCUT2D eigenvalue weighted by atomic mass is 32.2. The summed E-state index contributed by atoms with van der Waals surface area (Å²) in [5, 5.41) is 12.7. The zero-order chi connectivity index (χ0) is 18.6. The number of hydrogen-bond donors (Lipinski definition) is 1. The van der Waals surface area contributed by atoms with Crippen LogP contribution < -0.4 is 5.32 Å². The molecule has 1 amide bonds. The van der Waals surface area contributed by atoms with Crippen LogP contribution in [0.15, 0.2) is 41.6 Å². The molecule has 1 saturated carbocycles. The van der Waals surface area contributed by atoms with Crippen LogP contribution in [0.4, 0.5) is 5.69 Å². The second kappa shape index (κ2) is 8.18. The minimum atomic E-state index is -0.334. The van der Waals surface area contributed by atoms with Gasteiger partial charge >= 0.3 is 0 Å². The molecular weight excluding hydrogens is 342 g/mol. The summed E-state index contributed by atoms with van der Waals surface area (Å²) < 4.78 is -0.201. The first kappa shape index (κ1) is 18.8. The fourth-order valence-corrected chi connectivity index (χ4v) is 5.92. The van der Waals surface area contributed by atoms with Gasteiger partial charge in [-0.2, -0.15) is 5.26 Å². The maximum Gasteiger partial charge on any atom is 0.243 e. The normalized spacial score (nSPS) is 22.4. The Labute approximate surface area is 160 Å². The monoisotopic (exact) mass is 369 g/mol. The number of carbonyl (C=O) groups is 1. The minimum absolute atomic E-state index is 0.0309. The predicted molar refractivity (Wildman–Crippen MR) is 108 cm³/mol. The van der Waals surface area contributed by atoms with Crippen LogP contribution in [0.5, 0.6) is 0 Å². The van der Waals surface area contributed by atoms with Crippen molar-refractivity contribution in [3.05, 3.63) is 41.6 Å². The molecule has 138 valence electrons. The molecule has 1 unspecified atom stereocenters. The van der Waals surface area contributed by atoms with Crippen LogP contribution in [0.2, 0.25) is 0 Å². The maximum atomic E-state index is 13.1. The van der Waals surface area contributed by atoms with E-state index in [0.29, 0.717) is 0 Å². The summed E-state index contributed by atoms with van der Waals surface area (Å²) in [5.41, 5.74) is 2.50. The van der Waals surface area contributed by atoms with Gasteiger partial charge in [0.15, 0.2) is 0 Å². The SMILES string of the molecule is CN(C)C1=C(C#N)C2(CCCCCCC2)SC1C(=O)Nc1ccccc1. The van der Waals surface area contributed by atoms with Crippen molar-refractivity contribution < 1.29 is 4.79 Å². The Morgan fingerprint density at radius 1 is 1.15 bits per heavy atom. The maximum absolute atomic E-state index is 13.1. The highest BCUT2D eigenvalue weighted by Gasteiger charge is 2.49. The Balaban J connectivity index is 1.91. The molecule has 1 spiro atoms. The molecule has 0 radical (unpaired) electrons. The highest BCUT2D eigenvalue weighted by Crippen LogP contribution is 2.54. The van der Waals surface area contributed by atoms with Crippen LogP contribution >= 0.6 is 11.8 Å². The van der Waals surface area contributed by atoms with E-state index in [2.05, 4.69) is 11.4 Å². The number of nitrogens with one attached hydrogen (secondary N) is 1. The summed E-state index contributed by atoms with van der Waals surface area (Å²) in [5.74, 6) is -0.0309. The van der Waals surface area contributed by atoms with Crippen molar-refractivity contribution in [3.8, 4) is 6.07 Å². The Morgan fingerprint density at radius 3 is 2.35 bits per heavy atom. The van der Waals surface area contributed by atoms with Gasteiger partial charge in [-0.15, -0.1) is 11.8 Å². The summed E-state index contributed by atoms with van der Waals surface area (Å²) in [6.07, 6.45) is 7.97. The molecule has 1 aliphatic carbocycles. The molecule has 0 bridgehead atoms. The van der Waals surface area contributed by atoms with Crippen molar-refractivity contribution in [2.24, 2.45) is 0 Å². The zero-order valence-corrected chi connectivity index (χ0v) is 16.4. The Morgan fingerprint density at radius 2 is 1.77 bits per heavy atom. The largest absolute Gasteiger partial charge is 0.379 e. The third-order valence-electron chi connectivity index (χ3n) is 5.34. The molecule has 4 nitrogen and oxygen atoms in total. The molecule has 0 saturated heterocycles. The molecule has 0 aromatic heterocycles. The van der Waals surface area contributed by atoms with Crippen LogP contribution in [-0.2, 0) is 4.79 Å². The third kappa shape index (κ3) is 3.76. The lowest BCUT2D eigenvalue weighted by Gasteiger charge is -2.31. The Kier molecular flexibility index (Phi) is 5.93. The van der Waals surface area contributed by atoms with Gasteiger partial charge < -0.3 is 10.2 Å². The first-order chi connectivity index (χ1) is 12.6. The number of thioether (sulfide) groups is 1. The molecule has 5 heteroatoms. The molecule has 1 aromatic carbocycles. The smallest absolute Gasteiger partial charge is 0.243 e. The molecule has 2 aliphatic rings. The van der Waals surface area contributed by atoms with E-state index in [4.69, 9.17) is 0 Å². The van der Waals surface area contributed by atoms with Gasteiger partial charge in [-0.1, -0.05) is 50.3 Å². The van der Waals surface area contributed by atoms with Gasteiger partial charge in [0.1, 0.15) is 5.25 Å². The zero-order valence-electron chi connectivity index (χ0n) is 15.6. The molecule has 1 aromatic rings. The predicted octanol–water partition coefficient (Wildman–Crippen LogP) is 4.56. The quantitative estimate of drug-likeness (QED) is 0.848. The van der Waals surface area contributed by atoms with Crippen LogP contribution in [0, 0.1) is 11.3 Å². The lowest BCUT2D eigenvalue weighted by Crippen LogP contribution is -2.31. The molecule has 1 atom stereocenters. The van der Waals surface area contributed by atoms with Gasteiger partial charge in [0.2, 0.25) is 5.91 Å².